The average molecular weight is 427 g/mol. The first-order valence-electron chi connectivity index (χ1n) is 9.38. The van der Waals surface area contributed by atoms with Crippen molar-refractivity contribution in [3.8, 4) is 0 Å². The fourth-order valence-electron chi connectivity index (χ4n) is 3.63. The van der Waals surface area contributed by atoms with Gasteiger partial charge in [-0.2, -0.15) is 4.98 Å². The third-order valence-electron chi connectivity index (χ3n) is 5.28. The van der Waals surface area contributed by atoms with Crippen molar-refractivity contribution >= 4 is 23.5 Å². The molecule has 1 amide bonds. The molecule has 0 unspecified atom stereocenters. The first kappa shape index (κ1) is 20.3. The number of halogens is 2. The van der Waals surface area contributed by atoms with Crippen molar-refractivity contribution in [2.75, 3.05) is 5.32 Å². The Hall–Kier alpha value is -3.00. The Labute approximate surface area is 176 Å². The molecular weight excluding hydrogens is 408 g/mol. The molecule has 0 radical (unpaired) electrons. The zero-order valence-electron chi connectivity index (χ0n) is 16.4. The van der Waals surface area contributed by atoms with E-state index >= 15 is 0 Å². The van der Waals surface area contributed by atoms with Crippen LogP contribution < -0.4 is 10.9 Å². The van der Waals surface area contributed by atoms with Crippen molar-refractivity contribution in [1.29, 1.82) is 0 Å². The number of carbonyl (C=O) groups is 1. The highest BCUT2D eigenvalue weighted by Crippen LogP contribution is 2.37. The van der Waals surface area contributed by atoms with E-state index in [1.807, 2.05) is 31.2 Å². The Balaban J connectivity index is 1.76. The third-order valence-corrected chi connectivity index (χ3v) is 6.35. The fourth-order valence-corrected chi connectivity index (χ4v) is 4.67. The zero-order valence-corrected chi connectivity index (χ0v) is 17.2. The number of thioether (sulfide) groups is 1. The van der Waals surface area contributed by atoms with Crippen LogP contribution in [0.2, 0.25) is 0 Å². The monoisotopic (exact) mass is 427 g/mol. The lowest BCUT2D eigenvalue weighted by Gasteiger charge is -2.27. The Kier molecular flexibility index (Phi) is 5.42. The molecule has 2 heterocycles. The summed E-state index contributed by atoms with van der Waals surface area (Å²) in [6.45, 7) is 2.01. The molecule has 154 valence electrons. The summed E-state index contributed by atoms with van der Waals surface area (Å²) in [6, 6.07) is 11.7. The van der Waals surface area contributed by atoms with E-state index in [9.17, 15) is 18.4 Å². The largest absolute Gasteiger partial charge is 0.312 e. The fraction of sp³-hybridized carbons (Fsp3) is 0.227. The molecule has 0 spiro atoms. The van der Waals surface area contributed by atoms with E-state index in [-0.39, 0.29) is 29.3 Å². The summed E-state index contributed by atoms with van der Waals surface area (Å²) >= 11 is 1.37. The van der Waals surface area contributed by atoms with Gasteiger partial charge in [-0.1, -0.05) is 48.2 Å². The van der Waals surface area contributed by atoms with E-state index in [0.29, 0.717) is 10.9 Å². The van der Waals surface area contributed by atoms with E-state index in [4.69, 9.17) is 0 Å². The highest BCUT2D eigenvalue weighted by molar-refractivity contribution is 7.98. The van der Waals surface area contributed by atoms with Gasteiger partial charge >= 0.3 is 0 Å². The smallest absolute Gasteiger partial charge is 0.279 e. The number of hydrogen-bond donors (Lipinski definition) is 1. The molecular formula is C22H19F2N3O2S. The van der Waals surface area contributed by atoms with Gasteiger partial charge in [0.1, 0.15) is 5.82 Å². The highest BCUT2D eigenvalue weighted by atomic mass is 32.2. The minimum absolute atomic E-state index is 0.0229. The van der Waals surface area contributed by atoms with E-state index in [0.717, 1.165) is 17.2 Å². The quantitative estimate of drug-likeness (QED) is 0.502. The number of aromatic nitrogens is 2. The van der Waals surface area contributed by atoms with Crippen LogP contribution in [0.4, 0.5) is 14.6 Å². The molecule has 1 aromatic heterocycles. The maximum atomic E-state index is 14.4. The summed E-state index contributed by atoms with van der Waals surface area (Å²) < 4.78 is 29.8. The Morgan fingerprint density at radius 1 is 1.17 bits per heavy atom. The summed E-state index contributed by atoms with van der Waals surface area (Å²) in [7, 11) is 1.69. The third kappa shape index (κ3) is 3.63. The van der Waals surface area contributed by atoms with E-state index in [2.05, 4.69) is 10.3 Å². The summed E-state index contributed by atoms with van der Waals surface area (Å²) in [5, 5.41) is 3.14. The van der Waals surface area contributed by atoms with Crippen LogP contribution in [0, 0.1) is 18.6 Å². The molecule has 4 rings (SSSR count). The second-order valence-corrected chi connectivity index (χ2v) is 8.13. The lowest BCUT2D eigenvalue weighted by Crippen LogP contribution is -2.34. The molecule has 1 N–H and O–H groups in total. The topological polar surface area (TPSA) is 64.0 Å². The molecule has 0 saturated carbocycles. The molecule has 0 saturated heterocycles. The lowest BCUT2D eigenvalue weighted by molar-refractivity contribution is -0.116. The maximum absolute atomic E-state index is 14.4. The molecule has 0 aliphatic carbocycles. The van der Waals surface area contributed by atoms with E-state index < -0.39 is 23.1 Å². The number of hydrogen-bond acceptors (Lipinski definition) is 4. The molecule has 3 aromatic rings. The minimum atomic E-state index is -1.05. The number of fused-ring (bicyclic) bond motifs is 1. The van der Waals surface area contributed by atoms with Crippen molar-refractivity contribution in [3.63, 3.8) is 0 Å². The number of amides is 1. The lowest BCUT2D eigenvalue weighted by atomic mass is 9.86. The molecule has 1 aliphatic heterocycles. The van der Waals surface area contributed by atoms with Crippen molar-refractivity contribution in [2.45, 2.75) is 30.2 Å². The van der Waals surface area contributed by atoms with Crippen LogP contribution in [0.1, 0.15) is 34.6 Å². The summed E-state index contributed by atoms with van der Waals surface area (Å²) in [5.41, 5.74) is 1.83. The average Bonchev–Trinajstić information content (AvgIpc) is 2.72. The molecule has 1 aliphatic rings. The number of carbonyl (C=O) groups excluding carboxylic acids is 1. The molecule has 30 heavy (non-hydrogen) atoms. The number of aryl methyl sites for hydroxylation is 1. The van der Waals surface area contributed by atoms with E-state index in [1.165, 1.54) is 23.9 Å². The van der Waals surface area contributed by atoms with Gasteiger partial charge in [-0.25, -0.2) is 8.78 Å². The molecule has 8 heteroatoms. The molecule has 2 aromatic carbocycles. The van der Waals surface area contributed by atoms with E-state index in [1.54, 1.807) is 11.6 Å². The Morgan fingerprint density at radius 2 is 1.93 bits per heavy atom. The van der Waals surface area contributed by atoms with Gasteiger partial charge in [-0.05, 0) is 29.7 Å². The summed E-state index contributed by atoms with van der Waals surface area (Å²) in [5.74, 6) is -2.47. The normalized spacial score (nSPS) is 15.6. The van der Waals surface area contributed by atoms with Gasteiger partial charge in [0.05, 0.1) is 5.56 Å². The summed E-state index contributed by atoms with van der Waals surface area (Å²) in [4.78, 5) is 29.4. The predicted octanol–water partition coefficient (Wildman–Crippen LogP) is 4.13. The minimum Gasteiger partial charge on any atom is -0.312 e. The van der Waals surface area contributed by atoms with Crippen molar-refractivity contribution < 1.29 is 13.6 Å². The van der Waals surface area contributed by atoms with Gasteiger partial charge in [0.25, 0.3) is 5.56 Å². The van der Waals surface area contributed by atoms with Crippen molar-refractivity contribution in [2.24, 2.45) is 7.05 Å². The SMILES string of the molecule is Cc1ccccc1CSc1nc(=O)c2c(n1C)NC(=O)C[C@@H]2c1cccc(F)c1F. The Morgan fingerprint density at radius 3 is 2.70 bits per heavy atom. The number of nitrogens with zero attached hydrogens (tertiary/aromatic N) is 2. The van der Waals surface area contributed by atoms with Gasteiger partial charge in [0.15, 0.2) is 16.8 Å². The number of anilines is 1. The van der Waals surface area contributed by atoms with Gasteiger partial charge in [-0.3, -0.25) is 9.59 Å². The van der Waals surface area contributed by atoms with Crippen molar-refractivity contribution in [1.82, 2.24) is 9.55 Å². The summed E-state index contributed by atoms with van der Waals surface area (Å²) in [6.07, 6.45) is -0.153. The van der Waals surface area contributed by atoms with Crippen LogP contribution >= 0.6 is 11.8 Å². The highest BCUT2D eigenvalue weighted by Gasteiger charge is 2.34. The van der Waals surface area contributed by atoms with Gasteiger partial charge in [0, 0.05) is 25.1 Å². The van der Waals surface area contributed by atoms with Crippen LogP contribution in [-0.4, -0.2) is 15.5 Å². The van der Waals surface area contributed by atoms with Crippen LogP contribution in [0.5, 0.6) is 0 Å². The number of rotatable bonds is 4. The zero-order chi connectivity index (χ0) is 21.4. The molecule has 0 fully saturated rings. The van der Waals surface area contributed by atoms with Crippen LogP contribution in [0.3, 0.4) is 0 Å². The second-order valence-electron chi connectivity index (χ2n) is 7.18. The second kappa shape index (κ2) is 8.02. The molecule has 0 bridgehead atoms. The van der Waals surface area contributed by atoms with Crippen molar-refractivity contribution in [3.05, 3.63) is 86.7 Å². The van der Waals surface area contributed by atoms with Gasteiger partial charge in [0.2, 0.25) is 5.91 Å². The standard InChI is InChI=1S/C22H19F2N3O2S/c1-12-6-3-4-7-13(12)11-30-22-26-21(29)18-15(10-17(28)25-20(18)27(22)2)14-8-5-9-16(23)19(14)24/h3-9,15H,10-11H2,1-2H3,(H,25,28)/t15-/m1/s1. The maximum Gasteiger partial charge on any atom is 0.279 e. The Bertz CT molecular complexity index is 1210. The first-order valence-corrected chi connectivity index (χ1v) is 10.4. The molecule has 5 nitrogen and oxygen atoms in total. The van der Waals surface area contributed by atoms with Crippen LogP contribution in [0.25, 0.3) is 0 Å². The first-order chi connectivity index (χ1) is 14.4. The number of nitrogens with one attached hydrogen (secondary N) is 1. The van der Waals surface area contributed by atoms with Crippen LogP contribution in [-0.2, 0) is 17.6 Å². The van der Waals surface area contributed by atoms with Gasteiger partial charge in [-0.15, -0.1) is 0 Å². The van der Waals surface area contributed by atoms with Gasteiger partial charge < -0.3 is 9.88 Å². The predicted molar refractivity (Wildman–Crippen MR) is 112 cm³/mol. The molecule has 1 atom stereocenters. The number of benzene rings is 2. The van der Waals surface area contributed by atoms with Crippen LogP contribution in [0.15, 0.2) is 52.4 Å².